The van der Waals surface area contributed by atoms with E-state index in [1.807, 2.05) is 6.07 Å². The number of rotatable bonds is 5. The van der Waals surface area contributed by atoms with Crippen LogP contribution >= 0.6 is 0 Å². The van der Waals surface area contributed by atoms with E-state index in [1.165, 1.54) is 38.5 Å². The molecular weight excluding hydrogens is 314 g/mol. The quantitative estimate of drug-likeness (QED) is 0.769. The van der Waals surface area contributed by atoms with Crippen LogP contribution in [0.2, 0.25) is 0 Å². The molecule has 1 aromatic carbocycles. The zero-order chi connectivity index (χ0) is 17.4. The van der Waals surface area contributed by atoms with Crippen LogP contribution in [0.3, 0.4) is 0 Å². The molecule has 5 heteroatoms. The van der Waals surface area contributed by atoms with Gasteiger partial charge in [-0.05, 0) is 79.4 Å². The summed E-state index contributed by atoms with van der Waals surface area (Å²) in [4.78, 5) is 23.4. The van der Waals surface area contributed by atoms with Gasteiger partial charge < -0.3 is 16.4 Å². The van der Waals surface area contributed by atoms with E-state index < -0.39 is 5.91 Å². The molecule has 25 heavy (non-hydrogen) atoms. The summed E-state index contributed by atoms with van der Waals surface area (Å²) in [6.45, 7) is 1.19. The van der Waals surface area contributed by atoms with Crippen molar-refractivity contribution >= 4 is 11.9 Å². The van der Waals surface area contributed by atoms with Gasteiger partial charge in [0.2, 0.25) is 5.91 Å². The molecule has 3 amide bonds. The Bertz CT molecular complexity index is 650. The average molecular weight is 341 g/mol. The van der Waals surface area contributed by atoms with Crippen LogP contribution in [0.5, 0.6) is 0 Å². The Balaban J connectivity index is 1.28. The van der Waals surface area contributed by atoms with E-state index in [9.17, 15) is 9.59 Å². The van der Waals surface area contributed by atoms with Crippen molar-refractivity contribution in [3.8, 4) is 0 Å². The summed E-state index contributed by atoms with van der Waals surface area (Å²) in [5.41, 5.74) is 6.98. The van der Waals surface area contributed by atoms with E-state index in [1.54, 1.807) is 18.2 Å². The Morgan fingerprint density at radius 2 is 1.68 bits per heavy atom. The van der Waals surface area contributed by atoms with Crippen molar-refractivity contribution in [3.63, 3.8) is 0 Å². The third kappa shape index (κ3) is 3.51. The van der Waals surface area contributed by atoms with Crippen LogP contribution in [-0.4, -0.2) is 18.5 Å². The predicted octanol–water partition coefficient (Wildman–Crippen LogP) is 2.80. The highest BCUT2D eigenvalue weighted by molar-refractivity contribution is 5.92. The topological polar surface area (TPSA) is 84.2 Å². The minimum Gasteiger partial charge on any atom is -0.366 e. The van der Waals surface area contributed by atoms with Crippen LogP contribution in [0.1, 0.15) is 54.4 Å². The molecule has 0 unspecified atom stereocenters. The molecule has 0 spiro atoms. The molecule has 4 saturated carbocycles. The standard InChI is InChI=1S/C20H27N3O2/c21-18(24)17-3-1-2-13(7-17)11-22-19(25)23-12-20-8-14-4-15(9-20)6-16(5-14)10-20/h1-3,7,14-16H,4-6,8-12H2,(H2,21,24)(H2,22,23,25). The Labute approximate surface area is 148 Å². The van der Waals surface area contributed by atoms with Gasteiger partial charge in [0.1, 0.15) is 0 Å². The smallest absolute Gasteiger partial charge is 0.315 e. The lowest BCUT2D eigenvalue weighted by Gasteiger charge is -2.56. The number of benzene rings is 1. The van der Waals surface area contributed by atoms with Crippen molar-refractivity contribution in [2.45, 2.75) is 45.1 Å². The average Bonchev–Trinajstić information content (AvgIpc) is 2.57. The molecule has 5 nitrogen and oxygen atoms in total. The molecule has 4 aliphatic rings. The Hall–Kier alpha value is -2.04. The van der Waals surface area contributed by atoms with Gasteiger partial charge in [-0.3, -0.25) is 4.79 Å². The molecule has 0 atom stereocenters. The first-order valence-corrected chi connectivity index (χ1v) is 9.42. The van der Waals surface area contributed by atoms with Crippen LogP contribution in [0, 0.1) is 23.2 Å². The Morgan fingerprint density at radius 1 is 1.04 bits per heavy atom. The van der Waals surface area contributed by atoms with Crippen molar-refractivity contribution in [3.05, 3.63) is 35.4 Å². The number of urea groups is 1. The maximum Gasteiger partial charge on any atom is 0.315 e. The number of hydrogen-bond acceptors (Lipinski definition) is 2. The van der Waals surface area contributed by atoms with Gasteiger partial charge in [-0.2, -0.15) is 0 Å². The predicted molar refractivity (Wildman–Crippen MR) is 95.8 cm³/mol. The van der Waals surface area contributed by atoms with Crippen molar-refractivity contribution in [1.29, 1.82) is 0 Å². The first-order valence-electron chi connectivity index (χ1n) is 9.42. The molecule has 0 aromatic heterocycles. The maximum atomic E-state index is 12.2. The molecule has 4 aliphatic carbocycles. The molecular formula is C20H27N3O2. The van der Waals surface area contributed by atoms with Gasteiger partial charge in [0.25, 0.3) is 0 Å². The normalized spacial score (nSPS) is 32.4. The van der Waals surface area contributed by atoms with Gasteiger partial charge in [0, 0.05) is 18.7 Å². The summed E-state index contributed by atoms with van der Waals surface area (Å²) in [5, 5.41) is 6.00. The lowest BCUT2D eigenvalue weighted by molar-refractivity contribution is -0.0498. The molecule has 134 valence electrons. The number of carbonyl (C=O) groups excluding carboxylic acids is 2. The number of hydrogen-bond donors (Lipinski definition) is 3. The molecule has 0 heterocycles. The van der Waals surface area contributed by atoms with E-state index >= 15 is 0 Å². The zero-order valence-corrected chi connectivity index (χ0v) is 14.6. The van der Waals surface area contributed by atoms with Gasteiger partial charge in [-0.25, -0.2) is 4.79 Å². The van der Waals surface area contributed by atoms with Gasteiger partial charge >= 0.3 is 6.03 Å². The molecule has 0 radical (unpaired) electrons. The second-order valence-electron chi connectivity index (χ2n) is 8.52. The number of nitrogens with one attached hydrogen (secondary N) is 2. The highest BCUT2D eigenvalue weighted by Gasteiger charge is 2.50. The van der Waals surface area contributed by atoms with Gasteiger partial charge in [-0.1, -0.05) is 12.1 Å². The molecule has 4 N–H and O–H groups in total. The Kier molecular flexibility index (Phi) is 4.18. The number of primary amides is 1. The first kappa shape index (κ1) is 16.4. The molecule has 1 aromatic rings. The summed E-state index contributed by atoms with van der Waals surface area (Å²) in [6, 6.07) is 6.94. The van der Waals surface area contributed by atoms with Crippen molar-refractivity contribution < 1.29 is 9.59 Å². The summed E-state index contributed by atoms with van der Waals surface area (Å²) < 4.78 is 0. The van der Waals surface area contributed by atoms with Crippen LogP contribution in [0.25, 0.3) is 0 Å². The van der Waals surface area contributed by atoms with E-state index in [4.69, 9.17) is 5.73 Å². The third-order valence-electron chi connectivity index (χ3n) is 6.45. The summed E-state index contributed by atoms with van der Waals surface area (Å²) in [5.74, 6) is 2.24. The second-order valence-corrected chi connectivity index (χ2v) is 8.52. The number of carbonyl (C=O) groups is 2. The number of amides is 3. The van der Waals surface area contributed by atoms with E-state index in [0.29, 0.717) is 17.5 Å². The summed E-state index contributed by atoms with van der Waals surface area (Å²) in [7, 11) is 0. The van der Waals surface area contributed by atoms with Crippen LogP contribution in [0.15, 0.2) is 24.3 Å². The second kappa shape index (κ2) is 6.36. The first-order chi connectivity index (χ1) is 12.0. The fourth-order valence-electron chi connectivity index (χ4n) is 5.85. The van der Waals surface area contributed by atoms with E-state index in [-0.39, 0.29) is 6.03 Å². The summed E-state index contributed by atoms with van der Waals surface area (Å²) >= 11 is 0. The summed E-state index contributed by atoms with van der Waals surface area (Å²) in [6.07, 6.45) is 8.13. The molecule has 4 fully saturated rings. The molecule has 5 rings (SSSR count). The minimum atomic E-state index is -0.451. The van der Waals surface area contributed by atoms with E-state index in [0.717, 1.165) is 29.9 Å². The van der Waals surface area contributed by atoms with Crippen molar-refractivity contribution in [2.24, 2.45) is 28.9 Å². The fourth-order valence-corrected chi connectivity index (χ4v) is 5.85. The van der Waals surface area contributed by atoms with Crippen molar-refractivity contribution in [1.82, 2.24) is 10.6 Å². The highest BCUT2D eigenvalue weighted by Crippen LogP contribution is 2.59. The lowest BCUT2D eigenvalue weighted by atomic mass is 9.49. The van der Waals surface area contributed by atoms with Crippen LogP contribution < -0.4 is 16.4 Å². The molecule has 4 bridgehead atoms. The number of nitrogens with two attached hydrogens (primary N) is 1. The van der Waals surface area contributed by atoms with Gasteiger partial charge in [0.15, 0.2) is 0 Å². The lowest BCUT2D eigenvalue weighted by Crippen LogP contribution is -2.52. The third-order valence-corrected chi connectivity index (χ3v) is 6.45. The zero-order valence-electron chi connectivity index (χ0n) is 14.6. The minimum absolute atomic E-state index is 0.125. The molecule has 0 saturated heterocycles. The largest absolute Gasteiger partial charge is 0.366 e. The Morgan fingerprint density at radius 3 is 2.28 bits per heavy atom. The van der Waals surface area contributed by atoms with Crippen LogP contribution in [-0.2, 0) is 6.54 Å². The van der Waals surface area contributed by atoms with Gasteiger partial charge in [-0.15, -0.1) is 0 Å². The SMILES string of the molecule is NC(=O)c1cccc(CNC(=O)NCC23CC4CC(CC(C4)C2)C3)c1. The molecule has 0 aliphatic heterocycles. The van der Waals surface area contributed by atoms with E-state index in [2.05, 4.69) is 10.6 Å². The van der Waals surface area contributed by atoms with Crippen molar-refractivity contribution in [2.75, 3.05) is 6.54 Å². The maximum absolute atomic E-state index is 12.2. The van der Waals surface area contributed by atoms with Crippen LogP contribution in [0.4, 0.5) is 4.79 Å². The monoisotopic (exact) mass is 341 g/mol. The fraction of sp³-hybridized carbons (Fsp3) is 0.600. The van der Waals surface area contributed by atoms with Gasteiger partial charge in [0.05, 0.1) is 0 Å². The highest BCUT2D eigenvalue weighted by atomic mass is 16.2.